The summed E-state index contributed by atoms with van der Waals surface area (Å²) in [5.74, 6) is -1.99. The summed E-state index contributed by atoms with van der Waals surface area (Å²) in [6.07, 6.45) is 3.15. The molecule has 0 aromatic heterocycles. The van der Waals surface area contributed by atoms with Crippen LogP contribution in [0.25, 0.3) is 0 Å². The number of ether oxygens (including phenoxy) is 1. The molecular formula is C18H20FN3O4. The predicted molar refractivity (Wildman–Crippen MR) is 88.2 cm³/mol. The van der Waals surface area contributed by atoms with Crippen LogP contribution in [0.3, 0.4) is 0 Å². The minimum absolute atomic E-state index is 0.0528. The van der Waals surface area contributed by atoms with Gasteiger partial charge in [-0.2, -0.15) is 5.01 Å². The molecule has 2 N–H and O–H groups in total. The van der Waals surface area contributed by atoms with Crippen LogP contribution in [0, 0.1) is 5.82 Å². The van der Waals surface area contributed by atoms with Crippen LogP contribution in [0.1, 0.15) is 54.4 Å². The van der Waals surface area contributed by atoms with Crippen molar-refractivity contribution >= 4 is 17.7 Å². The molecule has 1 aliphatic carbocycles. The third-order valence-electron chi connectivity index (χ3n) is 5.26. The number of hydrogen-bond acceptors (Lipinski definition) is 5. The van der Waals surface area contributed by atoms with E-state index in [0.717, 1.165) is 29.3 Å². The van der Waals surface area contributed by atoms with E-state index >= 15 is 0 Å². The van der Waals surface area contributed by atoms with Crippen molar-refractivity contribution in [3.63, 3.8) is 0 Å². The van der Waals surface area contributed by atoms with Crippen LogP contribution in [0.15, 0.2) is 12.1 Å². The quantitative estimate of drug-likeness (QED) is 0.824. The van der Waals surface area contributed by atoms with Crippen molar-refractivity contribution in [3.05, 3.63) is 29.1 Å². The van der Waals surface area contributed by atoms with E-state index in [1.165, 1.54) is 12.1 Å². The van der Waals surface area contributed by atoms with Gasteiger partial charge in [0.05, 0.1) is 6.54 Å². The van der Waals surface area contributed by atoms with Gasteiger partial charge >= 0.3 is 0 Å². The third kappa shape index (κ3) is 2.65. The normalized spacial score (nSPS) is 25.8. The van der Waals surface area contributed by atoms with Gasteiger partial charge in [-0.05, 0) is 37.8 Å². The minimum Gasteiger partial charge on any atom is -0.486 e. The second kappa shape index (κ2) is 6.35. The van der Waals surface area contributed by atoms with E-state index < -0.39 is 23.5 Å². The second-order valence-electron chi connectivity index (χ2n) is 6.97. The van der Waals surface area contributed by atoms with Gasteiger partial charge in [-0.3, -0.25) is 14.4 Å². The van der Waals surface area contributed by atoms with E-state index in [1.807, 2.05) is 0 Å². The molecule has 0 radical (unpaired) electrons. The number of nitrogens with zero attached hydrogens (tertiary/aromatic N) is 2. The Morgan fingerprint density at radius 3 is 2.46 bits per heavy atom. The average Bonchev–Trinajstić information content (AvgIpc) is 3.15. The number of benzene rings is 1. The fourth-order valence-corrected chi connectivity index (χ4v) is 3.84. The summed E-state index contributed by atoms with van der Waals surface area (Å²) in [6, 6.07) is 2.76. The molecule has 2 atom stereocenters. The van der Waals surface area contributed by atoms with Gasteiger partial charge in [0.1, 0.15) is 6.10 Å². The average molecular weight is 361 g/mol. The molecule has 2 aliphatic heterocycles. The van der Waals surface area contributed by atoms with Crippen LogP contribution in [-0.2, 0) is 16.1 Å². The third-order valence-corrected chi connectivity index (χ3v) is 5.26. The van der Waals surface area contributed by atoms with E-state index in [9.17, 15) is 18.8 Å². The predicted octanol–water partition coefficient (Wildman–Crippen LogP) is 1.49. The Hall–Kier alpha value is -2.48. The molecule has 26 heavy (non-hydrogen) atoms. The van der Waals surface area contributed by atoms with Crippen molar-refractivity contribution in [2.75, 3.05) is 0 Å². The van der Waals surface area contributed by atoms with Gasteiger partial charge in [-0.15, -0.1) is 0 Å². The molecule has 7 nitrogen and oxygen atoms in total. The summed E-state index contributed by atoms with van der Waals surface area (Å²) in [5.41, 5.74) is 6.26. The second-order valence-corrected chi connectivity index (χ2v) is 6.97. The van der Waals surface area contributed by atoms with Crippen molar-refractivity contribution in [3.8, 4) is 5.75 Å². The van der Waals surface area contributed by atoms with E-state index in [-0.39, 0.29) is 48.4 Å². The number of carbonyl (C=O) groups excluding carboxylic acids is 3. The van der Waals surface area contributed by atoms with Crippen LogP contribution >= 0.6 is 0 Å². The molecule has 3 aliphatic rings. The molecule has 4 rings (SSSR count). The van der Waals surface area contributed by atoms with Gasteiger partial charge in [-0.1, -0.05) is 0 Å². The SMILES string of the molecule is N[C@H]1CCC[C@@H]1Oc1ccc2c(c1F)CN(N1C(=O)CCCC1=O)C2=O. The topological polar surface area (TPSA) is 92.9 Å². The molecule has 1 saturated carbocycles. The molecule has 2 heterocycles. The number of nitrogens with two attached hydrogens (primary N) is 1. The number of imide groups is 1. The molecule has 2 fully saturated rings. The Labute approximate surface area is 149 Å². The molecule has 8 heteroatoms. The highest BCUT2D eigenvalue weighted by atomic mass is 19.1. The van der Waals surface area contributed by atoms with Gasteiger partial charge in [-0.25, -0.2) is 9.40 Å². The fourth-order valence-electron chi connectivity index (χ4n) is 3.84. The maximum atomic E-state index is 14.9. The maximum absolute atomic E-state index is 14.9. The van der Waals surface area contributed by atoms with Gasteiger partial charge < -0.3 is 10.5 Å². The van der Waals surface area contributed by atoms with E-state index in [2.05, 4.69) is 0 Å². The molecule has 3 amide bonds. The van der Waals surface area contributed by atoms with E-state index in [1.54, 1.807) is 0 Å². The summed E-state index contributed by atoms with van der Waals surface area (Å²) in [6.45, 7) is -0.161. The molecule has 138 valence electrons. The zero-order chi connectivity index (χ0) is 18.4. The van der Waals surface area contributed by atoms with Crippen LogP contribution in [0.4, 0.5) is 4.39 Å². The number of amides is 3. The first kappa shape index (κ1) is 17.0. The zero-order valence-corrected chi connectivity index (χ0v) is 14.2. The smallest absolute Gasteiger partial charge is 0.273 e. The molecule has 0 unspecified atom stereocenters. The Morgan fingerprint density at radius 2 is 1.81 bits per heavy atom. The lowest BCUT2D eigenvalue weighted by Crippen LogP contribution is -2.52. The Kier molecular flexibility index (Phi) is 4.14. The van der Waals surface area contributed by atoms with Crippen LogP contribution in [-0.4, -0.2) is 39.9 Å². The largest absolute Gasteiger partial charge is 0.486 e. The van der Waals surface area contributed by atoms with Crippen molar-refractivity contribution in [1.29, 1.82) is 0 Å². The standard InChI is InChI=1S/C18H20FN3O4/c19-17-11-9-21(22-15(23)5-2-6-16(22)24)18(25)10(11)7-8-14(17)26-13-4-1-3-12(13)20/h7-8,12-13H,1-6,9,20H2/t12-,13-/m0/s1. The van der Waals surface area contributed by atoms with Gasteiger partial charge in [0, 0.05) is 30.0 Å². The number of hydrogen-bond donors (Lipinski definition) is 1. The van der Waals surface area contributed by atoms with E-state index in [0.29, 0.717) is 6.42 Å². The highest BCUT2D eigenvalue weighted by molar-refractivity contribution is 6.04. The Morgan fingerprint density at radius 1 is 1.08 bits per heavy atom. The number of rotatable bonds is 3. The van der Waals surface area contributed by atoms with Gasteiger partial charge in [0.25, 0.3) is 5.91 Å². The summed E-state index contributed by atoms with van der Waals surface area (Å²) >= 11 is 0. The number of piperidine rings is 1. The van der Waals surface area contributed by atoms with Crippen LogP contribution in [0.2, 0.25) is 0 Å². The number of carbonyl (C=O) groups is 3. The summed E-state index contributed by atoms with van der Waals surface area (Å²) in [5, 5.41) is 1.89. The number of hydrazine groups is 1. The lowest BCUT2D eigenvalue weighted by molar-refractivity contribution is -0.163. The van der Waals surface area contributed by atoms with Crippen molar-refractivity contribution in [2.45, 2.75) is 57.2 Å². The molecule has 1 aromatic rings. The molecule has 1 saturated heterocycles. The maximum Gasteiger partial charge on any atom is 0.273 e. The molecule has 0 spiro atoms. The lowest BCUT2D eigenvalue weighted by Gasteiger charge is -2.32. The van der Waals surface area contributed by atoms with Crippen LogP contribution < -0.4 is 10.5 Å². The highest BCUT2D eigenvalue weighted by Gasteiger charge is 2.41. The summed E-state index contributed by atoms with van der Waals surface area (Å²) < 4.78 is 20.7. The lowest BCUT2D eigenvalue weighted by atomic mass is 10.1. The summed E-state index contributed by atoms with van der Waals surface area (Å²) in [7, 11) is 0. The first-order chi connectivity index (χ1) is 12.5. The Bertz CT molecular complexity index is 781. The van der Waals surface area contributed by atoms with Gasteiger partial charge in [0.2, 0.25) is 11.8 Å². The van der Waals surface area contributed by atoms with Gasteiger partial charge in [0.15, 0.2) is 11.6 Å². The molecular weight excluding hydrogens is 341 g/mol. The molecule has 1 aromatic carbocycles. The van der Waals surface area contributed by atoms with Crippen molar-refractivity contribution in [1.82, 2.24) is 10.0 Å². The van der Waals surface area contributed by atoms with Crippen LogP contribution in [0.5, 0.6) is 5.75 Å². The minimum atomic E-state index is -0.630. The first-order valence-electron chi connectivity index (χ1n) is 8.88. The molecule has 0 bridgehead atoms. The highest BCUT2D eigenvalue weighted by Crippen LogP contribution is 2.34. The first-order valence-corrected chi connectivity index (χ1v) is 8.88. The summed E-state index contributed by atoms with van der Waals surface area (Å²) in [4.78, 5) is 36.8. The van der Waals surface area contributed by atoms with Crippen molar-refractivity contribution in [2.24, 2.45) is 5.73 Å². The monoisotopic (exact) mass is 361 g/mol. The number of halogens is 1. The zero-order valence-electron chi connectivity index (χ0n) is 14.2. The Balaban J connectivity index is 1.61. The van der Waals surface area contributed by atoms with E-state index in [4.69, 9.17) is 10.5 Å². The number of fused-ring (bicyclic) bond motifs is 1. The van der Waals surface area contributed by atoms with Crippen molar-refractivity contribution < 1.29 is 23.5 Å². The fraction of sp³-hybridized carbons (Fsp3) is 0.500.